The fourth-order valence-electron chi connectivity index (χ4n) is 1.80. The second-order valence-corrected chi connectivity index (χ2v) is 4.40. The largest absolute Gasteiger partial charge is 0.393 e. The summed E-state index contributed by atoms with van der Waals surface area (Å²) in [6.07, 6.45) is 0.902. The summed E-state index contributed by atoms with van der Waals surface area (Å²) < 4.78 is 65.3. The minimum Gasteiger partial charge on any atom is -0.393 e. The van der Waals surface area contributed by atoms with Crippen LogP contribution < -0.4 is 0 Å². The van der Waals surface area contributed by atoms with Crippen LogP contribution in [0, 0.1) is 29.1 Å². The van der Waals surface area contributed by atoms with Crippen molar-refractivity contribution in [1.82, 2.24) is 0 Å². The average Bonchev–Trinajstić information content (AvgIpc) is 2.39. The molecule has 0 aliphatic rings. The van der Waals surface area contributed by atoms with Crippen LogP contribution in [0.3, 0.4) is 0 Å². The Morgan fingerprint density at radius 1 is 0.842 bits per heavy atom. The molecule has 0 aromatic heterocycles. The van der Waals surface area contributed by atoms with Gasteiger partial charge < -0.3 is 5.11 Å². The zero-order valence-electron chi connectivity index (χ0n) is 10.4. The van der Waals surface area contributed by atoms with Crippen LogP contribution in [0.1, 0.15) is 38.2 Å². The van der Waals surface area contributed by atoms with Crippen LogP contribution in [0.5, 0.6) is 0 Å². The summed E-state index contributed by atoms with van der Waals surface area (Å²) in [5.74, 6) is -9.87. The van der Waals surface area contributed by atoms with Gasteiger partial charge in [-0.3, -0.25) is 0 Å². The maximum atomic E-state index is 13.3. The molecule has 108 valence electrons. The molecule has 0 bridgehead atoms. The van der Waals surface area contributed by atoms with E-state index < -0.39 is 47.2 Å². The molecule has 0 heterocycles. The lowest BCUT2D eigenvalue weighted by Crippen LogP contribution is -2.16. The van der Waals surface area contributed by atoms with Crippen LogP contribution in [0.15, 0.2) is 0 Å². The van der Waals surface area contributed by atoms with E-state index in [1.165, 1.54) is 0 Å². The van der Waals surface area contributed by atoms with Gasteiger partial charge in [0.1, 0.15) is 0 Å². The molecule has 0 aliphatic carbocycles. The molecule has 0 fully saturated rings. The average molecular weight is 282 g/mol. The first kappa shape index (κ1) is 15.9. The summed E-state index contributed by atoms with van der Waals surface area (Å²) in [6, 6.07) is 0. The standard InChI is InChI=1S/C13H15F5O/c1-2-3-4-5-7(19)6-8-9(14)11(16)13(18)12(17)10(8)15/h7,19H,2-6H2,1H3. The number of hydrogen-bond donors (Lipinski definition) is 1. The van der Waals surface area contributed by atoms with Gasteiger partial charge in [-0.2, -0.15) is 0 Å². The quantitative estimate of drug-likeness (QED) is 0.363. The summed E-state index contributed by atoms with van der Waals surface area (Å²) >= 11 is 0. The Bertz CT molecular complexity index is 418. The lowest BCUT2D eigenvalue weighted by atomic mass is 10.0. The smallest absolute Gasteiger partial charge is 0.200 e. The van der Waals surface area contributed by atoms with Crippen LogP contribution in [0.4, 0.5) is 22.0 Å². The van der Waals surface area contributed by atoms with E-state index in [2.05, 4.69) is 0 Å². The first-order valence-corrected chi connectivity index (χ1v) is 6.08. The molecule has 1 rings (SSSR count). The van der Waals surface area contributed by atoms with Crippen molar-refractivity contribution in [3.05, 3.63) is 34.6 Å². The van der Waals surface area contributed by atoms with Gasteiger partial charge in [0.25, 0.3) is 0 Å². The third-order valence-electron chi connectivity index (χ3n) is 2.88. The van der Waals surface area contributed by atoms with Crippen molar-refractivity contribution in [3.8, 4) is 0 Å². The minimum absolute atomic E-state index is 0.257. The molecule has 0 radical (unpaired) electrons. The summed E-state index contributed by atoms with van der Waals surface area (Å²) in [6.45, 7) is 1.94. The van der Waals surface area contributed by atoms with Gasteiger partial charge >= 0.3 is 0 Å². The number of unbranched alkanes of at least 4 members (excludes halogenated alkanes) is 2. The van der Waals surface area contributed by atoms with E-state index in [9.17, 15) is 27.1 Å². The van der Waals surface area contributed by atoms with Gasteiger partial charge in [0, 0.05) is 12.0 Å². The predicted molar refractivity (Wildman–Crippen MR) is 60.1 cm³/mol. The molecule has 1 N–H and O–H groups in total. The first-order chi connectivity index (χ1) is 8.90. The van der Waals surface area contributed by atoms with Gasteiger partial charge in [-0.25, -0.2) is 22.0 Å². The summed E-state index contributed by atoms with van der Waals surface area (Å²) in [7, 11) is 0. The number of halogens is 5. The van der Waals surface area contributed by atoms with Crippen LogP contribution in [-0.2, 0) is 6.42 Å². The SMILES string of the molecule is CCCCCC(O)Cc1c(F)c(F)c(F)c(F)c1F. The van der Waals surface area contributed by atoms with Gasteiger partial charge in [0.2, 0.25) is 5.82 Å². The molecule has 0 aliphatic heterocycles. The van der Waals surface area contributed by atoms with Crippen molar-refractivity contribution >= 4 is 0 Å². The van der Waals surface area contributed by atoms with Crippen molar-refractivity contribution in [2.75, 3.05) is 0 Å². The third-order valence-corrected chi connectivity index (χ3v) is 2.88. The first-order valence-electron chi connectivity index (χ1n) is 6.08. The lowest BCUT2D eigenvalue weighted by molar-refractivity contribution is 0.157. The Labute approximate surface area is 108 Å². The highest BCUT2D eigenvalue weighted by molar-refractivity contribution is 5.24. The highest BCUT2D eigenvalue weighted by Crippen LogP contribution is 2.24. The van der Waals surface area contributed by atoms with Crippen LogP contribution in [0.2, 0.25) is 0 Å². The number of benzene rings is 1. The van der Waals surface area contributed by atoms with Crippen molar-refractivity contribution in [2.45, 2.75) is 45.1 Å². The van der Waals surface area contributed by atoms with Gasteiger partial charge in [-0.05, 0) is 6.42 Å². The van der Waals surface area contributed by atoms with Crippen molar-refractivity contribution in [1.29, 1.82) is 0 Å². The van der Waals surface area contributed by atoms with Crippen LogP contribution in [-0.4, -0.2) is 11.2 Å². The van der Waals surface area contributed by atoms with Gasteiger partial charge in [-0.15, -0.1) is 0 Å². The highest BCUT2D eigenvalue weighted by Gasteiger charge is 2.26. The zero-order chi connectivity index (χ0) is 14.6. The van der Waals surface area contributed by atoms with E-state index in [-0.39, 0.29) is 6.42 Å². The maximum Gasteiger partial charge on any atom is 0.200 e. The molecular formula is C13H15F5O. The fourth-order valence-corrected chi connectivity index (χ4v) is 1.80. The summed E-state index contributed by atoms with van der Waals surface area (Å²) in [4.78, 5) is 0. The fraction of sp³-hybridized carbons (Fsp3) is 0.538. The Morgan fingerprint density at radius 2 is 1.32 bits per heavy atom. The van der Waals surface area contributed by atoms with E-state index in [1.807, 2.05) is 6.92 Å². The minimum atomic E-state index is -2.18. The number of rotatable bonds is 6. The molecule has 0 saturated carbocycles. The second-order valence-electron chi connectivity index (χ2n) is 4.40. The number of aliphatic hydroxyl groups is 1. The summed E-state index contributed by atoms with van der Waals surface area (Å²) in [5, 5.41) is 9.56. The monoisotopic (exact) mass is 282 g/mol. The zero-order valence-corrected chi connectivity index (χ0v) is 10.4. The van der Waals surface area contributed by atoms with E-state index in [0.717, 1.165) is 12.8 Å². The summed E-state index contributed by atoms with van der Waals surface area (Å²) in [5.41, 5.74) is -0.958. The third kappa shape index (κ3) is 3.65. The Balaban J connectivity index is 2.89. The predicted octanol–water partition coefficient (Wildman–Crippen LogP) is 3.87. The van der Waals surface area contributed by atoms with E-state index >= 15 is 0 Å². The Morgan fingerprint density at radius 3 is 1.79 bits per heavy atom. The molecule has 0 amide bonds. The Kier molecular flexibility index (Phi) is 5.72. The second kappa shape index (κ2) is 6.84. The molecule has 1 atom stereocenters. The number of aliphatic hydroxyl groups excluding tert-OH is 1. The maximum absolute atomic E-state index is 13.3. The number of hydrogen-bond acceptors (Lipinski definition) is 1. The van der Waals surface area contributed by atoms with E-state index in [4.69, 9.17) is 0 Å². The van der Waals surface area contributed by atoms with Gasteiger partial charge in [-0.1, -0.05) is 26.2 Å². The molecule has 0 spiro atoms. The lowest BCUT2D eigenvalue weighted by Gasteiger charge is -2.13. The van der Waals surface area contributed by atoms with Gasteiger partial charge in [0.15, 0.2) is 23.3 Å². The molecule has 1 aromatic carbocycles. The topological polar surface area (TPSA) is 20.2 Å². The molecule has 1 unspecified atom stereocenters. The molecule has 1 nitrogen and oxygen atoms in total. The Hall–Kier alpha value is -1.17. The van der Waals surface area contributed by atoms with E-state index in [0.29, 0.717) is 6.42 Å². The van der Waals surface area contributed by atoms with Crippen LogP contribution >= 0.6 is 0 Å². The molecular weight excluding hydrogens is 267 g/mol. The van der Waals surface area contributed by atoms with Crippen molar-refractivity contribution in [2.24, 2.45) is 0 Å². The molecule has 19 heavy (non-hydrogen) atoms. The molecule has 1 aromatic rings. The van der Waals surface area contributed by atoms with Gasteiger partial charge in [0.05, 0.1) is 6.10 Å². The molecule has 6 heteroatoms. The normalized spacial score (nSPS) is 12.8. The van der Waals surface area contributed by atoms with Crippen LogP contribution in [0.25, 0.3) is 0 Å². The van der Waals surface area contributed by atoms with Crippen molar-refractivity contribution in [3.63, 3.8) is 0 Å². The molecule has 0 saturated heterocycles. The highest BCUT2D eigenvalue weighted by atomic mass is 19.2. The van der Waals surface area contributed by atoms with E-state index in [1.54, 1.807) is 0 Å². The van der Waals surface area contributed by atoms with Crippen molar-refractivity contribution < 1.29 is 27.1 Å².